The van der Waals surface area contributed by atoms with Crippen LogP contribution in [-0.4, -0.2) is 27.4 Å². The molecule has 0 unspecified atom stereocenters. The highest BCUT2D eigenvalue weighted by Gasteiger charge is 2.12. The van der Waals surface area contributed by atoms with Crippen molar-refractivity contribution in [2.75, 3.05) is 27.4 Å². The fourth-order valence-electron chi connectivity index (χ4n) is 1.35. The third-order valence-corrected chi connectivity index (χ3v) is 2.33. The first-order chi connectivity index (χ1) is 5.72. The molecule has 0 aliphatic rings. The van der Waals surface area contributed by atoms with E-state index in [2.05, 4.69) is 13.8 Å². The molecule has 0 aromatic heterocycles. The zero-order valence-electron chi connectivity index (χ0n) is 8.80. The normalized spacial score (nSPS) is 11.5. The summed E-state index contributed by atoms with van der Waals surface area (Å²) in [5, 5.41) is 0. The van der Waals surface area contributed by atoms with E-state index >= 15 is 0 Å². The molecular weight excluding hydrogens is 152 g/mol. The maximum atomic E-state index is 5.06. The van der Waals surface area contributed by atoms with Crippen LogP contribution < -0.4 is 0 Å². The molecule has 0 aromatic rings. The van der Waals surface area contributed by atoms with E-state index in [1.165, 1.54) is 0 Å². The second kappa shape index (κ2) is 7.56. The van der Waals surface area contributed by atoms with Crippen molar-refractivity contribution in [1.29, 1.82) is 0 Å². The molecule has 2 nitrogen and oxygen atoms in total. The van der Waals surface area contributed by atoms with Gasteiger partial charge in [-0.2, -0.15) is 0 Å². The minimum atomic E-state index is 0.732. The molecular formula is C10H22O2. The Morgan fingerprint density at radius 2 is 1.33 bits per heavy atom. The monoisotopic (exact) mass is 174 g/mol. The molecule has 0 atom stereocenters. The summed E-state index contributed by atoms with van der Waals surface area (Å²) in [4.78, 5) is 0. The van der Waals surface area contributed by atoms with Crippen LogP contribution in [-0.2, 0) is 9.47 Å². The minimum Gasteiger partial charge on any atom is -0.385 e. The van der Waals surface area contributed by atoms with Crippen molar-refractivity contribution in [3.8, 4) is 0 Å². The van der Waals surface area contributed by atoms with Gasteiger partial charge in [-0.05, 0) is 24.7 Å². The molecule has 0 bridgehead atoms. The van der Waals surface area contributed by atoms with Crippen LogP contribution in [0.15, 0.2) is 0 Å². The molecule has 0 aromatic carbocycles. The summed E-state index contributed by atoms with van der Waals surface area (Å²) in [6.45, 7) is 6.26. The van der Waals surface area contributed by atoms with Crippen molar-refractivity contribution in [3.05, 3.63) is 0 Å². The lowest BCUT2D eigenvalue weighted by atomic mass is 9.90. The number of rotatable bonds is 7. The molecule has 74 valence electrons. The topological polar surface area (TPSA) is 18.5 Å². The first-order valence-corrected chi connectivity index (χ1v) is 4.70. The summed E-state index contributed by atoms with van der Waals surface area (Å²) in [7, 11) is 3.52. The number of ether oxygens (including phenoxy) is 2. The lowest BCUT2D eigenvalue weighted by Gasteiger charge is -2.19. The Kier molecular flexibility index (Phi) is 7.51. The predicted octanol–water partition coefficient (Wildman–Crippen LogP) is 2.33. The molecule has 0 amide bonds. The van der Waals surface area contributed by atoms with Crippen molar-refractivity contribution >= 4 is 0 Å². The fourth-order valence-corrected chi connectivity index (χ4v) is 1.35. The fraction of sp³-hybridized carbons (Fsp3) is 1.00. The summed E-state index contributed by atoms with van der Waals surface area (Å²) in [6, 6.07) is 0. The second-order valence-corrected chi connectivity index (χ2v) is 3.57. The average molecular weight is 174 g/mol. The molecule has 12 heavy (non-hydrogen) atoms. The molecule has 0 aliphatic heterocycles. The summed E-state index contributed by atoms with van der Waals surface area (Å²) >= 11 is 0. The lowest BCUT2D eigenvalue weighted by molar-refractivity contribution is 0.131. The Morgan fingerprint density at radius 3 is 1.58 bits per heavy atom. The van der Waals surface area contributed by atoms with Crippen LogP contribution in [0.2, 0.25) is 0 Å². The van der Waals surface area contributed by atoms with E-state index in [9.17, 15) is 0 Å². The largest absolute Gasteiger partial charge is 0.385 e. The van der Waals surface area contributed by atoms with Crippen molar-refractivity contribution in [2.24, 2.45) is 11.8 Å². The first-order valence-electron chi connectivity index (χ1n) is 4.70. The van der Waals surface area contributed by atoms with Crippen LogP contribution in [0.5, 0.6) is 0 Å². The maximum Gasteiger partial charge on any atom is 0.0465 e. The number of hydrogen-bond acceptors (Lipinski definition) is 2. The van der Waals surface area contributed by atoms with Gasteiger partial charge in [0.15, 0.2) is 0 Å². The quantitative estimate of drug-likeness (QED) is 0.589. The van der Waals surface area contributed by atoms with Gasteiger partial charge in [-0.25, -0.2) is 0 Å². The molecule has 0 saturated heterocycles. The van der Waals surface area contributed by atoms with Crippen LogP contribution >= 0.6 is 0 Å². The Bertz CT molecular complexity index is 83.8. The van der Waals surface area contributed by atoms with Crippen molar-refractivity contribution in [3.63, 3.8) is 0 Å². The number of methoxy groups -OCH3 is 2. The Labute approximate surface area is 76.3 Å². The third-order valence-electron chi connectivity index (χ3n) is 2.33. The van der Waals surface area contributed by atoms with E-state index in [1.807, 2.05) is 0 Å². The second-order valence-electron chi connectivity index (χ2n) is 3.57. The molecule has 0 N–H and O–H groups in total. The van der Waals surface area contributed by atoms with Crippen molar-refractivity contribution < 1.29 is 9.47 Å². The Morgan fingerprint density at radius 1 is 0.917 bits per heavy atom. The summed E-state index contributed by atoms with van der Waals surface area (Å²) in [6.07, 6.45) is 2.30. The molecule has 0 radical (unpaired) electrons. The summed E-state index contributed by atoms with van der Waals surface area (Å²) in [5.74, 6) is 1.47. The molecule has 0 fully saturated rings. The van der Waals surface area contributed by atoms with Crippen LogP contribution in [0.4, 0.5) is 0 Å². The predicted molar refractivity (Wildman–Crippen MR) is 51.3 cm³/mol. The van der Waals surface area contributed by atoms with Crippen LogP contribution in [0.1, 0.15) is 26.7 Å². The number of hydrogen-bond donors (Lipinski definition) is 0. The molecule has 0 aliphatic carbocycles. The van der Waals surface area contributed by atoms with Gasteiger partial charge in [0.1, 0.15) is 0 Å². The van der Waals surface area contributed by atoms with Gasteiger partial charge < -0.3 is 9.47 Å². The summed E-state index contributed by atoms with van der Waals surface area (Å²) in [5.41, 5.74) is 0. The Hall–Kier alpha value is -0.0800. The molecule has 0 saturated carbocycles. The SMILES string of the molecule is COCCC(CCOC)C(C)C. The molecule has 2 heteroatoms. The van der Waals surface area contributed by atoms with Gasteiger partial charge >= 0.3 is 0 Å². The molecule has 0 rings (SSSR count). The van der Waals surface area contributed by atoms with E-state index in [1.54, 1.807) is 14.2 Å². The van der Waals surface area contributed by atoms with Crippen LogP contribution in [0.3, 0.4) is 0 Å². The maximum absolute atomic E-state index is 5.06. The first kappa shape index (κ1) is 11.9. The third kappa shape index (κ3) is 5.56. The van der Waals surface area contributed by atoms with E-state index in [-0.39, 0.29) is 0 Å². The van der Waals surface area contributed by atoms with Gasteiger partial charge in [0, 0.05) is 27.4 Å². The Balaban J connectivity index is 3.55. The zero-order chi connectivity index (χ0) is 9.40. The van der Waals surface area contributed by atoms with Crippen LogP contribution in [0.25, 0.3) is 0 Å². The van der Waals surface area contributed by atoms with Crippen molar-refractivity contribution in [1.82, 2.24) is 0 Å². The van der Waals surface area contributed by atoms with Gasteiger partial charge in [-0.3, -0.25) is 0 Å². The van der Waals surface area contributed by atoms with Crippen molar-refractivity contribution in [2.45, 2.75) is 26.7 Å². The average Bonchev–Trinajstić information content (AvgIpc) is 2.04. The van der Waals surface area contributed by atoms with E-state index in [0.717, 1.165) is 37.9 Å². The highest BCUT2D eigenvalue weighted by Crippen LogP contribution is 2.18. The lowest BCUT2D eigenvalue weighted by Crippen LogP contribution is -2.13. The highest BCUT2D eigenvalue weighted by molar-refractivity contribution is 4.62. The van der Waals surface area contributed by atoms with E-state index in [0.29, 0.717) is 0 Å². The van der Waals surface area contributed by atoms with Gasteiger partial charge in [0.2, 0.25) is 0 Å². The van der Waals surface area contributed by atoms with E-state index < -0.39 is 0 Å². The minimum absolute atomic E-state index is 0.732. The van der Waals surface area contributed by atoms with Gasteiger partial charge in [-0.1, -0.05) is 13.8 Å². The van der Waals surface area contributed by atoms with Gasteiger partial charge in [0.25, 0.3) is 0 Å². The summed E-state index contributed by atoms with van der Waals surface area (Å²) < 4.78 is 10.1. The van der Waals surface area contributed by atoms with E-state index in [4.69, 9.17) is 9.47 Å². The van der Waals surface area contributed by atoms with Crippen LogP contribution in [0, 0.1) is 11.8 Å². The van der Waals surface area contributed by atoms with Gasteiger partial charge in [-0.15, -0.1) is 0 Å². The van der Waals surface area contributed by atoms with Gasteiger partial charge in [0.05, 0.1) is 0 Å². The standard InChI is InChI=1S/C10H22O2/c1-9(2)10(5-7-11-3)6-8-12-4/h9-10H,5-8H2,1-4H3. The smallest absolute Gasteiger partial charge is 0.0465 e. The highest BCUT2D eigenvalue weighted by atomic mass is 16.5. The molecule has 0 heterocycles. The molecule has 0 spiro atoms. The zero-order valence-corrected chi connectivity index (χ0v) is 8.80.